The second kappa shape index (κ2) is 7.28. The Morgan fingerprint density at radius 1 is 1.05 bits per heavy atom. The van der Waals surface area contributed by atoms with Gasteiger partial charge in [-0.1, -0.05) is 31.2 Å². The second-order valence-electron chi connectivity index (χ2n) is 4.48. The predicted octanol–water partition coefficient (Wildman–Crippen LogP) is -0.363. The average molecular weight is 277 g/mol. The Hall–Kier alpha value is -2.37. The molecule has 0 fully saturated rings. The molecule has 5 N–H and O–H groups in total. The van der Waals surface area contributed by atoms with Gasteiger partial charge in [0.15, 0.2) is 6.04 Å². The summed E-state index contributed by atoms with van der Waals surface area (Å²) in [7, 11) is 0. The van der Waals surface area contributed by atoms with Crippen molar-refractivity contribution in [2.24, 2.45) is 11.5 Å². The SMILES string of the molecule is CCc1ccc(CCC(=O)NC(C(N)=O)C(N)=O)cc1. The summed E-state index contributed by atoms with van der Waals surface area (Å²) < 4.78 is 0. The fraction of sp³-hybridized carbons (Fsp3) is 0.357. The largest absolute Gasteiger partial charge is 0.367 e. The maximum atomic E-state index is 11.6. The first-order chi connectivity index (χ1) is 9.43. The average Bonchev–Trinajstić information content (AvgIpc) is 2.42. The van der Waals surface area contributed by atoms with E-state index in [0.29, 0.717) is 6.42 Å². The summed E-state index contributed by atoms with van der Waals surface area (Å²) in [5.41, 5.74) is 12.2. The van der Waals surface area contributed by atoms with Gasteiger partial charge in [-0.3, -0.25) is 14.4 Å². The highest BCUT2D eigenvalue weighted by Gasteiger charge is 2.23. The molecule has 1 rings (SSSR count). The lowest BCUT2D eigenvalue weighted by Gasteiger charge is -2.11. The number of carbonyl (C=O) groups is 3. The van der Waals surface area contributed by atoms with Crippen LogP contribution < -0.4 is 16.8 Å². The van der Waals surface area contributed by atoms with E-state index in [9.17, 15) is 14.4 Å². The first kappa shape index (κ1) is 15.7. The molecule has 0 aliphatic carbocycles. The summed E-state index contributed by atoms with van der Waals surface area (Å²) in [4.78, 5) is 33.5. The van der Waals surface area contributed by atoms with E-state index in [2.05, 4.69) is 12.2 Å². The Kier molecular flexibility index (Phi) is 5.71. The molecule has 0 bridgehead atoms. The van der Waals surface area contributed by atoms with Gasteiger partial charge in [0.1, 0.15) is 0 Å². The lowest BCUT2D eigenvalue weighted by atomic mass is 10.1. The number of hydrogen-bond acceptors (Lipinski definition) is 3. The van der Waals surface area contributed by atoms with E-state index in [4.69, 9.17) is 11.5 Å². The number of nitrogens with one attached hydrogen (secondary N) is 1. The lowest BCUT2D eigenvalue weighted by molar-refractivity contribution is -0.133. The van der Waals surface area contributed by atoms with E-state index in [1.807, 2.05) is 24.3 Å². The number of primary amides is 2. The van der Waals surface area contributed by atoms with Crippen molar-refractivity contribution in [3.8, 4) is 0 Å². The summed E-state index contributed by atoms with van der Waals surface area (Å²) in [5.74, 6) is -2.36. The van der Waals surface area contributed by atoms with Crippen LogP contribution in [0.4, 0.5) is 0 Å². The first-order valence-electron chi connectivity index (χ1n) is 6.39. The third-order valence-electron chi connectivity index (χ3n) is 2.95. The fourth-order valence-corrected chi connectivity index (χ4v) is 1.72. The molecule has 0 heterocycles. The summed E-state index contributed by atoms with van der Waals surface area (Å²) >= 11 is 0. The third kappa shape index (κ3) is 4.72. The third-order valence-corrected chi connectivity index (χ3v) is 2.95. The molecule has 3 amide bonds. The number of benzene rings is 1. The van der Waals surface area contributed by atoms with Crippen LogP contribution in [0.1, 0.15) is 24.5 Å². The van der Waals surface area contributed by atoms with Crippen LogP contribution in [0.3, 0.4) is 0 Å². The Morgan fingerprint density at radius 3 is 2.00 bits per heavy atom. The molecule has 0 aliphatic heterocycles. The minimum absolute atomic E-state index is 0.155. The molecule has 0 aliphatic rings. The van der Waals surface area contributed by atoms with E-state index in [0.717, 1.165) is 12.0 Å². The first-order valence-corrected chi connectivity index (χ1v) is 6.39. The molecule has 0 radical (unpaired) electrons. The molecule has 6 nitrogen and oxygen atoms in total. The monoisotopic (exact) mass is 277 g/mol. The highest BCUT2D eigenvalue weighted by Crippen LogP contribution is 2.07. The predicted molar refractivity (Wildman–Crippen MR) is 74.5 cm³/mol. The minimum Gasteiger partial charge on any atom is -0.367 e. The molecular weight excluding hydrogens is 258 g/mol. The number of rotatable bonds is 7. The van der Waals surface area contributed by atoms with Crippen molar-refractivity contribution in [2.75, 3.05) is 0 Å². The minimum atomic E-state index is -1.45. The lowest BCUT2D eigenvalue weighted by Crippen LogP contribution is -2.52. The Labute approximate surface area is 117 Å². The van der Waals surface area contributed by atoms with Crippen molar-refractivity contribution in [3.63, 3.8) is 0 Å². The zero-order valence-corrected chi connectivity index (χ0v) is 11.4. The molecule has 0 aromatic heterocycles. The van der Waals surface area contributed by atoms with Crippen LogP contribution >= 0.6 is 0 Å². The topological polar surface area (TPSA) is 115 Å². The number of nitrogens with two attached hydrogens (primary N) is 2. The quantitative estimate of drug-likeness (QED) is 0.591. The molecule has 108 valence electrons. The molecule has 0 spiro atoms. The van der Waals surface area contributed by atoms with Crippen LogP contribution in [-0.4, -0.2) is 23.8 Å². The highest BCUT2D eigenvalue weighted by atomic mass is 16.2. The van der Waals surface area contributed by atoms with E-state index < -0.39 is 23.8 Å². The number of amides is 3. The fourth-order valence-electron chi connectivity index (χ4n) is 1.72. The highest BCUT2D eigenvalue weighted by molar-refractivity contribution is 6.05. The Morgan fingerprint density at radius 2 is 1.55 bits per heavy atom. The molecule has 0 atom stereocenters. The van der Waals surface area contributed by atoms with Crippen molar-refractivity contribution < 1.29 is 14.4 Å². The van der Waals surface area contributed by atoms with Gasteiger partial charge < -0.3 is 16.8 Å². The van der Waals surface area contributed by atoms with Crippen LogP contribution in [-0.2, 0) is 27.2 Å². The van der Waals surface area contributed by atoms with Gasteiger partial charge in [-0.2, -0.15) is 0 Å². The molecule has 0 saturated heterocycles. The van der Waals surface area contributed by atoms with Crippen molar-refractivity contribution in [3.05, 3.63) is 35.4 Å². The zero-order chi connectivity index (χ0) is 15.1. The molecule has 1 aromatic carbocycles. The van der Waals surface area contributed by atoms with Gasteiger partial charge in [-0.05, 0) is 24.0 Å². The summed E-state index contributed by atoms with van der Waals surface area (Å²) in [5, 5.41) is 2.22. The Bertz CT molecular complexity index is 483. The van der Waals surface area contributed by atoms with E-state index in [1.165, 1.54) is 5.56 Å². The van der Waals surface area contributed by atoms with Gasteiger partial charge in [0, 0.05) is 6.42 Å². The van der Waals surface area contributed by atoms with Gasteiger partial charge in [0.25, 0.3) is 0 Å². The number of carbonyl (C=O) groups excluding carboxylic acids is 3. The smallest absolute Gasteiger partial charge is 0.249 e. The second-order valence-corrected chi connectivity index (χ2v) is 4.48. The molecule has 1 aromatic rings. The number of hydrogen-bond donors (Lipinski definition) is 3. The summed E-state index contributed by atoms with van der Waals surface area (Å²) in [6.45, 7) is 2.07. The van der Waals surface area contributed by atoms with Crippen LogP contribution in [0.15, 0.2) is 24.3 Å². The number of aryl methyl sites for hydroxylation is 2. The maximum absolute atomic E-state index is 11.6. The maximum Gasteiger partial charge on any atom is 0.249 e. The normalized spacial score (nSPS) is 10.3. The van der Waals surface area contributed by atoms with Crippen molar-refractivity contribution in [1.82, 2.24) is 5.32 Å². The summed E-state index contributed by atoms with van der Waals surface area (Å²) in [6, 6.07) is 6.45. The molecule has 6 heteroatoms. The van der Waals surface area contributed by atoms with Gasteiger partial charge in [-0.15, -0.1) is 0 Å². The van der Waals surface area contributed by atoms with Gasteiger partial charge in [-0.25, -0.2) is 0 Å². The van der Waals surface area contributed by atoms with E-state index in [1.54, 1.807) is 0 Å². The van der Waals surface area contributed by atoms with E-state index >= 15 is 0 Å². The zero-order valence-electron chi connectivity index (χ0n) is 11.4. The molecule has 0 unspecified atom stereocenters. The van der Waals surface area contributed by atoms with Crippen molar-refractivity contribution >= 4 is 17.7 Å². The standard InChI is InChI=1S/C14H19N3O3/c1-2-9-3-5-10(6-4-9)7-8-11(18)17-12(13(15)19)14(16)20/h3-6,12H,2,7-8H2,1H3,(H2,15,19)(H2,16,20)(H,17,18). The summed E-state index contributed by atoms with van der Waals surface area (Å²) in [6.07, 6.45) is 1.63. The van der Waals surface area contributed by atoms with Crippen molar-refractivity contribution in [1.29, 1.82) is 0 Å². The van der Waals surface area contributed by atoms with Gasteiger partial charge in [0.05, 0.1) is 0 Å². The van der Waals surface area contributed by atoms with E-state index in [-0.39, 0.29) is 6.42 Å². The van der Waals surface area contributed by atoms with Gasteiger partial charge >= 0.3 is 0 Å². The van der Waals surface area contributed by atoms with Gasteiger partial charge in [0.2, 0.25) is 17.7 Å². The molecule has 20 heavy (non-hydrogen) atoms. The Balaban J connectivity index is 2.50. The van der Waals surface area contributed by atoms with Crippen LogP contribution in [0.25, 0.3) is 0 Å². The van der Waals surface area contributed by atoms with Crippen molar-refractivity contribution in [2.45, 2.75) is 32.2 Å². The van der Waals surface area contributed by atoms with Crippen LogP contribution in [0.5, 0.6) is 0 Å². The van der Waals surface area contributed by atoms with Crippen LogP contribution in [0.2, 0.25) is 0 Å². The van der Waals surface area contributed by atoms with Crippen LogP contribution in [0, 0.1) is 0 Å². The molecular formula is C14H19N3O3. The molecule has 0 saturated carbocycles.